The van der Waals surface area contributed by atoms with E-state index in [0.717, 1.165) is 34.4 Å². The lowest BCUT2D eigenvalue weighted by Crippen LogP contribution is -2.77. The quantitative estimate of drug-likeness (QED) is 0.176. The van der Waals surface area contributed by atoms with Gasteiger partial charge in [0.15, 0.2) is 0 Å². The van der Waals surface area contributed by atoms with E-state index in [-0.39, 0.29) is 39.4 Å². The van der Waals surface area contributed by atoms with Crippen LogP contribution in [0.5, 0.6) is 0 Å². The number of carbonyl (C=O) groups is 4. The van der Waals surface area contributed by atoms with E-state index in [0.29, 0.717) is 25.7 Å². The third kappa shape index (κ3) is 6.33. The Labute approximate surface area is 332 Å². The molecule has 59 heavy (non-hydrogen) atoms. The Morgan fingerprint density at radius 1 is 0.458 bits per heavy atom. The molecule has 6 fully saturated rings. The standard InChI is InChI=1S/2C21H17F3N2O2.3H2O/c2*22-21(23,24)14-8-4-2-6-12(14)16-15-10-9-11-5-1-3-7-13(11)20(15)25-18(27)17(16)19(28)26-20;;;/h2*1-8,15-17H,9-10H2,(H,25,27)(H,26,28);3*1H2/t2*15-,16-,17?,20?;;;/m10.../s1. The minimum absolute atomic E-state index is 0. The Hall–Kier alpha value is -5.78. The zero-order valence-electron chi connectivity index (χ0n) is 30.9. The van der Waals surface area contributed by atoms with Gasteiger partial charge in [0.2, 0.25) is 23.6 Å². The Bertz CT molecular complexity index is 2140. The molecule has 12 rings (SSSR count). The Kier molecular flexibility index (Phi) is 10.7. The first-order chi connectivity index (χ1) is 26.7. The van der Waals surface area contributed by atoms with Crippen molar-refractivity contribution in [2.45, 2.75) is 61.2 Å². The number of halogens is 6. The summed E-state index contributed by atoms with van der Waals surface area (Å²) in [5.74, 6) is -6.75. The van der Waals surface area contributed by atoms with Crippen molar-refractivity contribution >= 4 is 23.6 Å². The molecule has 4 aromatic carbocycles. The molecule has 2 aliphatic carbocycles. The van der Waals surface area contributed by atoms with Gasteiger partial charge in [-0.25, -0.2) is 0 Å². The molecule has 6 saturated heterocycles. The van der Waals surface area contributed by atoms with Crippen molar-refractivity contribution in [1.82, 2.24) is 21.3 Å². The Morgan fingerprint density at radius 3 is 1.10 bits per heavy atom. The summed E-state index contributed by atoms with van der Waals surface area (Å²) >= 11 is 0. The van der Waals surface area contributed by atoms with Crippen molar-refractivity contribution in [1.29, 1.82) is 0 Å². The first-order valence-corrected chi connectivity index (χ1v) is 18.4. The van der Waals surface area contributed by atoms with Gasteiger partial charge in [-0.05, 0) is 60.1 Å². The zero-order chi connectivity index (χ0) is 39.4. The molecule has 4 aromatic rings. The Morgan fingerprint density at radius 2 is 0.763 bits per heavy atom. The smallest absolute Gasteiger partial charge is 0.412 e. The van der Waals surface area contributed by atoms with Crippen molar-refractivity contribution in [2.24, 2.45) is 23.7 Å². The largest absolute Gasteiger partial charge is 0.416 e. The highest BCUT2D eigenvalue weighted by Crippen LogP contribution is 2.57. The van der Waals surface area contributed by atoms with E-state index in [1.807, 2.05) is 48.5 Å². The molecule has 6 heterocycles. The van der Waals surface area contributed by atoms with Crippen molar-refractivity contribution in [3.8, 4) is 0 Å². The van der Waals surface area contributed by atoms with Crippen LogP contribution in [0.25, 0.3) is 0 Å². The van der Waals surface area contributed by atoms with Crippen molar-refractivity contribution in [2.75, 3.05) is 0 Å². The van der Waals surface area contributed by atoms with Crippen LogP contribution >= 0.6 is 0 Å². The number of piperidine rings is 4. The molecule has 10 N–H and O–H groups in total. The second kappa shape index (κ2) is 14.8. The number of hydrogen-bond acceptors (Lipinski definition) is 4. The third-order valence-corrected chi connectivity index (χ3v) is 12.7. The second-order valence-corrected chi connectivity index (χ2v) is 15.4. The molecule has 0 aromatic heterocycles. The monoisotopic (exact) mass is 826 g/mol. The molecule has 8 aliphatic rings. The van der Waals surface area contributed by atoms with Gasteiger partial charge >= 0.3 is 12.4 Å². The minimum atomic E-state index is -4.56. The zero-order valence-corrected chi connectivity index (χ0v) is 30.9. The fourth-order valence-corrected chi connectivity index (χ4v) is 10.6. The average molecular weight is 827 g/mol. The molecular weight excluding hydrogens is 786 g/mol. The van der Waals surface area contributed by atoms with Crippen LogP contribution in [-0.2, 0) is 55.7 Å². The number of nitrogens with one attached hydrogen (secondary N) is 4. The van der Waals surface area contributed by atoms with Crippen molar-refractivity contribution in [3.63, 3.8) is 0 Å². The highest BCUT2D eigenvalue weighted by atomic mass is 19.4. The van der Waals surface area contributed by atoms with Gasteiger partial charge in [-0.15, -0.1) is 0 Å². The summed E-state index contributed by atoms with van der Waals surface area (Å²) in [6.07, 6.45) is -6.59. The first-order valence-electron chi connectivity index (χ1n) is 18.4. The van der Waals surface area contributed by atoms with Crippen LogP contribution in [0.4, 0.5) is 26.3 Å². The number of carbonyl (C=O) groups excluding carboxylic acids is 4. The molecule has 0 unspecified atom stereocenters. The number of rotatable bonds is 2. The number of hydrogen-bond donors (Lipinski definition) is 4. The van der Waals surface area contributed by atoms with E-state index < -0.39 is 82.1 Å². The van der Waals surface area contributed by atoms with Gasteiger partial charge in [-0.3, -0.25) is 19.2 Å². The van der Waals surface area contributed by atoms with E-state index in [4.69, 9.17) is 0 Å². The lowest BCUT2D eigenvalue weighted by molar-refractivity contribution is -0.160. The van der Waals surface area contributed by atoms with Gasteiger partial charge in [0, 0.05) is 34.8 Å². The molecule has 4 bridgehead atoms. The fourth-order valence-electron chi connectivity index (χ4n) is 10.6. The molecule has 4 amide bonds. The highest BCUT2D eigenvalue weighted by molar-refractivity contribution is 6.06. The maximum Gasteiger partial charge on any atom is 0.416 e. The maximum atomic E-state index is 13.7. The van der Waals surface area contributed by atoms with Crippen molar-refractivity contribution < 1.29 is 61.9 Å². The van der Waals surface area contributed by atoms with Crippen LogP contribution in [0.3, 0.4) is 0 Å². The van der Waals surface area contributed by atoms with Crippen LogP contribution in [0, 0.1) is 23.7 Å². The van der Waals surface area contributed by atoms with E-state index in [1.54, 1.807) is 0 Å². The summed E-state index contributed by atoms with van der Waals surface area (Å²) in [6.45, 7) is 0. The van der Waals surface area contributed by atoms with Gasteiger partial charge in [0.25, 0.3) is 0 Å². The normalized spacial score (nSPS) is 29.3. The third-order valence-electron chi connectivity index (χ3n) is 12.7. The second-order valence-electron chi connectivity index (χ2n) is 15.4. The molecule has 4 atom stereocenters. The molecule has 0 radical (unpaired) electrons. The summed E-state index contributed by atoms with van der Waals surface area (Å²) in [6, 6.07) is 25.5. The Balaban J connectivity index is 0.000000189. The van der Waals surface area contributed by atoms with E-state index in [1.165, 1.54) is 36.4 Å². The topological polar surface area (TPSA) is 211 Å². The number of fused-ring (bicyclic) bond motifs is 6. The summed E-state index contributed by atoms with van der Waals surface area (Å²) in [7, 11) is 0. The fraction of sp³-hybridized carbons (Fsp3) is 0.333. The van der Waals surface area contributed by atoms with Gasteiger partial charge in [0.05, 0.1) is 11.1 Å². The average Bonchev–Trinajstić information content (AvgIpc) is 3.16. The van der Waals surface area contributed by atoms with Crippen LogP contribution in [0.15, 0.2) is 97.1 Å². The molecule has 6 aliphatic heterocycles. The maximum absolute atomic E-state index is 13.7. The van der Waals surface area contributed by atoms with Crippen molar-refractivity contribution in [3.05, 3.63) is 142 Å². The van der Waals surface area contributed by atoms with E-state index in [9.17, 15) is 45.5 Å². The summed E-state index contributed by atoms with van der Waals surface area (Å²) < 4.78 is 82.2. The molecule has 0 saturated carbocycles. The predicted molar refractivity (Wildman–Crippen MR) is 199 cm³/mol. The van der Waals surface area contributed by atoms with Crippen LogP contribution in [0.1, 0.15) is 69.2 Å². The van der Waals surface area contributed by atoms with E-state index in [2.05, 4.69) is 21.3 Å². The first kappa shape index (κ1) is 42.8. The van der Waals surface area contributed by atoms with Gasteiger partial charge < -0.3 is 37.7 Å². The highest BCUT2D eigenvalue weighted by Gasteiger charge is 2.65. The number of alkyl halides is 6. The van der Waals surface area contributed by atoms with Gasteiger partial charge in [-0.1, -0.05) is 84.9 Å². The van der Waals surface area contributed by atoms with Gasteiger partial charge in [0.1, 0.15) is 23.2 Å². The SMILES string of the molecule is O.O.O.O=C1NC23NC(=O)C1[C@@H](c1ccccc1C(F)(F)F)[C@@H]2CCc1ccccc13.O=C1NC23NC(=O)C1[C@H](c1ccccc1C(F)(F)F)[C@H]2CCc1ccccc13. The molecule has 312 valence electrons. The predicted octanol–water partition coefficient (Wildman–Crippen LogP) is 3.69. The summed E-state index contributed by atoms with van der Waals surface area (Å²) in [4.78, 5) is 51.3. The number of aryl methyl sites for hydroxylation is 2. The van der Waals surface area contributed by atoms with Crippen LogP contribution in [-0.4, -0.2) is 40.1 Å². The molecule has 2 spiro atoms. The number of benzene rings is 4. The lowest BCUT2D eigenvalue weighted by atomic mass is 9.58. The summed E-state index contributed by atoms with van der Waals surface area (Å²) in [5.41, 5.74) is -0.324. The molecule has 17 heteroatoms. The minimum Gasteiger partial charge on any atom is -0.412 e. The van der Waals surface area contributed by atoms with Crippen LogP contribution < -0.4 is 21.3 Å². The molecule has 11 nitrogen and oxygen atoms in total. The molecular formula is C42H40F6N4O7. The summed E-state index contributed by atoms with van der Waals surface area (Å²) in [5, 5.41) is 11.7. The number of amides is 4. The van der Waals surface area contributed by atoms with Gasteiger partial charge in [-0.2, -0.15) is 26.3 Å². The van der Waals surface area contributed by atoms with E-state index >= 15 is 0 Å². The lowest BCUT2D eigenvalue weighted by Gasteiger charge is -2.58. The van der Waals surface area contributed by atoms with Crippen LogP contribution in [0.2, 0.25) is 0 Å².